The molecule has 4 rings (SSSR count). The van der Waals surface area contributed by atoms with E-state index in [1.165, 1.54) is 16.7 Å². The topological polar surface area (TPSA) is 29.5 Å². The van der Waals surface area contributed by atoms with Gasteiger partial charge in [0.05, 0.1) is 0 Å². The smallest absolute Gasteiger partial charge is 0.133 e. The third kappa shape index (κ3) is 2.92. The van der Waals surface area contributed by atoms with Crippen molar-refractivity contribution in [3.05, 3.63) is 94.7 Å². The predicted molar refractivity (Wildman–Crippen MR) is 98.8 cm³/mol. The molecule has 1 heterocycles. The maximum atomic E-state index is 10.6. The normalized spacial score (nSPS) is 12.2. The van der Waals surface area contributed by atoms with Gasteiger partial charge in [-0.3, -0.25) is 0 Å². The Bertz CT molecular complexity index is 960. The van der Waals surface area contributed by atoms with Crippen LogP contribution in [0.3, 0.4) is 0 Å². The maximum Gasteiger partial charge on any atom is 0.133 e. The van der Waals surface area contributed by atoms with E-state index in [1.807, 2.05) is 72.1 Å². The second kappa shape index (κ2) is 6.48. The van der Waals surface area contributed by atoms with Crippen LogP contribution >= 0.6 is 11.3 Å². The summed E-state index contributed by atoms with van der Waals surface area (Å²) in [6, 6.07) is 25.7. The van der Waals surface area contributed by atoms with E-state index in [0.717, 1.165) is 21.6 Å². The summed E-state index contributed by atoms with van der Waals surface area (Å²) in [5.41, 5.74) is 0.771. The lowest BCUT2D eigenvalue weighted by Gasteiger charge is -2.15. The van der Waals surface area contributed by atoms with Crippen molar-refractivity contribution in [2.24, 2.45) is 0 Å². The van der Waals surface area contributed by atoms with E-state index < -0.39 is 6.10 Å². The van der Waals surface area contributed by atoms with Gasteiger partial charge in [0.15, 0.2) is 0 Å². The minimum absolute atomic E-state index is 0.675. The summed E-state index contributed by atoms with van der Waals surface area (Å²) in [5.74, 6) is 1.44. The van der Waals surface area contributed by atoms with Gasteiger partial charge >= 0.3 is 0 Å². The lowest BCUT2D eigenvalue weighted by atomic mass is 10.1. The number of hydrogen-bond donors (Lipinski definition) is 1. The average molecular weight is 332 g/mol. The Morgan fingerprint density at radius 2 is 1.58 bits per heavy atom. The molecule has 1 unspecified atom stereocenters. The molecule has 0 radical (unpaired) electrons. The molecule has 0 saturated carbocycles. The van der Waals surface area contributed by atoms with E-state index in [0.29, 0.717) is 5.75 Å². The molecule has 0 aliphatic rings. The number of aliphatic hydroxyl groups is 1. The van der Waals surface area contributed by atoms with Crippen LogP contribution in [0, 0.1) is 0 Å². The SMILES string of the molecule is OC(c1cccs1)c1ccccc1Oc1ccc2ccccc2c1. The fourth-order valence-electron chi connectivity index (χ4n) is 2.76. The molecule has 0 amide bonds. The average Bonchev–Trinajstić information content (AvgIpc) is 3.16. The number of rotatable bonds is 4. The van der Waals surface area contributed by atoms with Gasteiger partial charge in [0.2, 0.25) is 0 Å². The van der Waals surface area contributed by atoms with Crippen LogP contribution in [-0.4, -0.2) is 5.11 Å². The van der Waals surface area contributed by atoms with Crippen LogP contribution in [0.4, 0.5) is 0 Å². The second-order valence-electron chi connectivity index (χ2n) is 5.57. The Kier molecular flexibility index (Phi) is 4.03. The van der Waals surface area contributed by atoms with Gasteiger partial charge in [-0.05, 0) is 40.4 Å². The van der Waals surface area contributed by atoms with E-state index in [9.17, 15) is 5.11 Å². The number of fused-ring (bicyclic) bond motifs is 1. The zero-order valence-corrected chi connectivity index (χ0v) is 13.7. The van der Waals surface area contributed by atoms with Gasteiger partial charge in [0, 0.05) is 10.4 Å². The van der Waals surface area contributed by atoms with Crippen molar-refractivity contribution in [3.63, 3.8) is 0 Å². The number of ether oxygens (including phenoxy) is 1. The number of hydrogen-bond acceptors (Lipinski definition) is 3. The highest BCUT2D eigenvalue weighted by Gasteiger charge is 2.16. The Morgan fingerprint density at radius 3 is 2.42 bits per heavy atom. The van der Waals surface area contributed by atoms with Crippen molar-refractivity contribution in [1.29, 1.82) is 0 Å². The van der Waals surface area contributed by atoms with Gasteiger partial charge in [-0.2, -0.15) is 0 Å². The Hall–Kier alpha value is -2.62. The van der Waals surface area contributed by atoms with E-state index in [1.54, 1.807) is 0 Å². The summed E-state index contributed by atoms with van der Waals surface area (Å²) in [5, 5.41) is 14.9. The summed E-state index contributed by atoms with van der Waals surface area (Å²) < 4.78 is 6.08. The zero-order chi connectivity index (χ0) is 16.4. The molecular weight excluding hydrogens is 316 g/mol. The predicted octanol–water partition coefficient (Wildman–Crippen LogP) is 5.78. The lowest BCUT2D eigenvalue weighted by Crippen LogP contribution is -2.00. The number of aliphatic hydroxyl groups excluding tert-OH is 1. The molecule has 0 spiro atoms. The number of thiophene rings is 1. The highest BCUT2D eigenvalue weighted by Crippen LogP contribution is 2.35. The summed E-state index contributed by atoms with van der Waals surface area (Å²) in [4.78, 5) is 0.907. The van der Waals surface area contributed by atoms with Crippen molar-refractivity contribution in [3.8, 4) is 11.5 Å². The number of para-hydroxylation sites is 1. The van der Waals surface area contributed by atoms with Gasteiger partial charge in [-0.15, -0.1) is 11.3 Å². The highest BCUT2D eigenvalue weighted by atomic mass is 32.1. The summed E-state index contributed by atoms with van der Waals surface area (Å²) in [6.07, 6.45) is -0.679. The first kappa shape index (κ1) is 14.9. The molecule has 1 atom stereocenters. The van der Waals surface area contributed by atoms with Gasteiger partial charge in [-0.1, -0.05) is 54.6 Å². The standard InChI is InChI=1S/C21H16O2S/c22-21(20-10-5-13-24-20)18-8-3-4-9-19(18)23-17-12-11-15-6-1-2-7-16(15)14-17/h1-14,21-22H. The van der Waals surface area contributed by atoms with Crippen LogP contribution in [0.5, 0.6) is 11.5 Å². The van der Waals surface area contributed by atoms with Gasteiger partial charge < -0.3 is 9.84 Å². The minimum Gasteiger partial charge on any atom is -0.457 e. The monoisotopic (exact) mass is 332 g/mol. The highest BCUT2D eigenvalue weighted by molar-refractivity contribution is 7.10. The quantitative estimate of drug-likeness (QED) is 0.513. The van der Waals surface area contributed by atoms with Crippen LogP contribution in [0.1, 0.15) is 16.5 Å². The van der Waals surface area contributed by atoms with Crippen LogP contribution < -0.4 is 4.74 Å². The Labute approximate surface area is 144 Å². The Balaban J connectivity index is 1.69. The van der Waals surface area contributed by atoms with Crippen LogP contribution in [-0.2, 0) is 0 Å². The molecule has 3 aromatic carbocycles. The molecule has 4 aromatic rings. The summed E-state index contributed by atoms with van der Waals surface area (Å²) in [6.45, 7) is 0. The molecule has 1 aromatic heterocycles. The van der Waals surface area contributed by atoms with E-state index in [-0.39, 0.29) is 0 Å². The molecule has 0 aliphatic carbocycles. The molecule has 0 fully saturated rings. The van der Waals surface area contributed by atoms with Crippen molar-refractivity contribution < 1.29 is 9.84 Å². The third-order valence-electron chi connectivity index (χ3n) is 3.98. The Morgan fingerprint density at radius 1 is 0.792 bits per heavy atom. The van der Waals surface area contributed by atoms with Crippen molar-refractivity contribution >= 4 is 22.1 Å². The molecular formula is C21H16O2S. The maximum absolute atomic E-state index is 10.6. The molecule has 0 aliphatic heterocycles. The largest absolute Gasteiger partial charge is 0.457 e. The molecule has 0 saturated heterocycles. The van der Waals surface area contributed by atoms with Crippen LogP contribution in [0.25, 0.3) is 10.8 Å². The van der Waals surface area contributed by atoms with Gasteiger partial charge in [-0.25, -0.2) is 0 Å². The van der Waals surface area contributed by atoms with Gasteiger partial charge in [0.1, 0.15) is 17.6 Å². The fraction of sp³-hybridized carbons (Fsp3) is 0.0476. The van der Waals surface area contributed by atoms with Crippen LogP contribution in [0.2, 0.25) is 0 Å². The van der Waals surface area contributed by atoms with Crippen LogP contribution in [0.15, 0.2) is 84.2 Å². The van der Waals surface area contributed by atoms with E-state index in [2.05, 4.69) is 12.1 Å². The molecule has 3 heteroatoms. The molecule has 24 heavy (non-hydrogen) atoms. The van der Waals surface area contributed by atoms with Crippen molar-refractivity contribution in [2.75, 3.05) is 0 Å². The first-order valence-corrected chi connectivity index (χ1v) is 8.66. The van der Waals surface area contributed by atoms with Crippen molar-refractivity contribution in [2.45, 2.75) is 6.10 Å². The van der Waals surface area contributed by atoms with E-state index >= 15 is 0 Å². The molecule has 1 N–H and O–H groups in total. The number of benzene rings is 3. The first-order valence-electron chi connectivity index (χ1n) is 7.78. The van der Waals surface area contributed by atoms with Gasteiger partial charge in [0.25, 0.3) is 0 Å². The lowest BCUT2D eigenvalue weighted by molar-refractivity contribution is 0.220. The molecule has 2 nitrogen and oxygen atoms in total. The minimum atomic E-state index is -0.679. The third-order valence-corrected chi connectivity index (χ3v) is 4.90. The second-order valence-corrected chi connectivity index (χ2v) is 6.55. The summed E-state index contributed by atoms with van der Waals surface area (Å²) in [7, 11) is 0. The first-order chi connectivity index (χ1) is 11.8. The molecule has 0 bridgehead atoms. The van der Waals surface area contributed by atoms with Crippen molar-refractivity contribution in [1.82, 2.24) is 0 Å². The zero-order valence-electron chi connectivity index (χ0n) is 12.9. The summed E-state index contributed by atoms with van der Waals surface area (Å²) >= 11 is 1.54. The fourth-order valence-corrected chi connectivity index (χ4v) is 3.48. The van der Waals surface area contributed by atoms with E-state index in [4.69, 9.17) is 4.74 Å². The molecule has 118 valence electrons.